The number of aryl methyl sites for hydroxylation is 1. The SMILES string of the molecule is CCOc1cc(C(=O)Nc2cc(NC(=O)CC)ccc2C)cc(OCC)c1OCC. The predicted octanol–water partition coefficient (Wildman–Crippen LogP) is 4.79. The van der Waals surface area contributed by atoms with Crippen molar-refractivity contribution in [2.45, 2.75) is 41.0 Å². The molecule has 0 fully saturated rings. The fourth-order valence-electron chi connectivity index (χ4n) is 2.80. The van der Waals surface area contributed by atoms with Crippen LogP contribution in [-0.2, 0) is 4.79 Å². The first-order valence-corrected chi connectivity index (χ1v) is 10.2. The molecule has 0 aromatic heterocycles. The number of carbonyl (C=O) groups excluding carboxylic acids is 2. The van der Waals surface area contributed by atoms with Crippen molar-refractivity contribution >= 4 is 23.2 Å². The van der Waals surface area contributed by atoms with Crippen LogP contribution in [0.25, 0.3) is 0 Å². The predicted molar refractivity (Wildman–Crippen MR) is 118 cm³/mol. The Morgan fingerprint density at radius 1 is 0.833 bits per heavy atom. The first-order chi connectivity index (χ1) is 14.4. The van der Waals surface area contributed by atoms with E-state index in [0.717, 1.165) is 5.56 Å². The Bertz CT molecular complexity index is 868. The van der Waals surface area contributed by atoms with Gasteiger partial charge in [-0.15, -0.1) is 0 Å². The minimum Gasteiger partial charge on any atom is -0.490 e. The van der Waals surface area contributed by atoms with Crippen LogP contribution < -0.4 is 24.8 Å². The molecule has 0 heterocycles. The zero-order chi connectivity index (χ0) is 22.1. The van der Waals surface area contributed by atoms with Gasteiger partial charge in [0, 0.05) is 23.4 Å². The molecule has 0 saturated heterocycles. The molecule has 0 atom stereocenters. The van der Waals surface area contributed by atoms with E-state index >= 15 is 0 Å². The van der Waals surface area contributed by atoms with E-state index in [1.807, 2.05) is 33.8 Å². The summed E-state index contributed by atoms with van der Waals surface area (Å²) in [6.45, 7) is 10.6. The van der Waals surface area contributed by atoms with Crippen LogP contribution in [0.15, 0.2) is 30.3 Å². The lowest BCUT2D eigenvalue weighted by atomic mass is 10.1. The molecule has 0 aliphatic heterocycles. The van der Waals surface area contributed by atoms with E-state index in [4.69, 9.17) is 14.2 Å². The Morgan fingerprint density at radius 2 is 1.43 bits per heavy atom. The molecule has 7 heteroatoms. The van der Waals surface area contributed by atoms with Gasteiger partial charge in [-0.25, -0.2) is 0 Å². The summed E-state index contributed by atoms with van der Waals surface area (Å²) < 4.78 is 17.1. The molecule has 30 heavy (non-hydrogen) atoms. The van der Waals surface area contributed by atoms with Crippen LogP contribution in [0.3, 0.4) is 0 Å². The average Bonchev–Trinajstić information content (AvgIpc) is 2.72. The minimum atomic E-state index is -0.318. The molecule has 2 aromatic carbocycles. The Morgan fingerprint density at radius 3 is 1.97 bits per heavy atom. The van der Waals surface area contributed by atoms with E-state index in [1.165, 1.54) is 0 Å². The van der Waals surface area contributed by atoms with Gasteiger partial charge in [-0.05, 0) is 57.5 Å². The van der Waals surface area contributed by atoms with Gasteiger partial charge in [-0.1, -0.05) is 13.0 Å². The quantitative estimate of drug-likeness (QED) is 0.584. The maximum atomic E-state index is 13.0. The summed E-state index contributed by atoms with van der Waals surface area (Å²) in [5.74, 6) is 0.984. The minimum absolute atomic E-state index is 0.0923. The van der Waals surface area contributed by atoms with Gasteiger partial charge >= 0.3 is 0 Å². The van der Waals surface area contributed by atoms with Gasteiger partial charge in [0.05, 0.1) is 19.8 Å². The number of anilines is 2. The van der Waals surface area contributed by atoms with Crippen molar-refractivity contribution in [3.63, 3.8) is 0 Å². The Hall–Kier alpha value is -3.22. The highest BCUT2D eigenvalue weighted by Crippen LogP contribution is 2.39. The number of hydrogen-bond donors (Lipinski definition) is 2. The largest absolute Gasteiger partial charge is 0.490 e. The molecular formula is C23H30N2O5. The smallest absolute Gasteiger partial charge is 0.255 e. The normalized spacial score (nSPS) is 10.3. The molecule has 162 valence electrons. The lowest BCUT2D eigenvalue weighted by molar-refractivity contribution is -0.115. The first kappa shape index (κ1) is 23.1. The van der Waals surface area contributed by atoms with Crippen LogP contribution >= 0.6 is 0 Å². The number of ether oxygens (including phenoxy) is 3. The van der Waals surface area contributed by atoms with Gasteiger partial charge in [0.2, 0.25) is 11.7 Å². The standard InChI is InChI=1S/C23H30N2O5/c1-6-21(26)24-17-11-10-15(5)18(14-17)25-23(27)16-12-19(28-7-2)22(30-9-4)20(13-16)29-8-3/h10-14H,6-9H2,1-5H3,(H,24,26)(H,25,27). The van der Waals surface area contributed by atoms with Gasteiger partial charge in [-0.3, -0.25) is 9.59 Å². The van der Waals surface area contributed by atoms with Crippen molar-refractivity contribution < 1.29 is 23.8 Å². The first-order valence-electron chi connectivity index (χ1n) is 10.2. The molecule has 7 nitrogen and oxygen atoms in total. The maximum Gasteiger partial charge on any atom is 0.255 e. The second-order valence-electron chi connectivity index (χ2n) is 6.49. The summed E-state index contributed by atoms with van der Waals surface area (Å²) in [6.07, 6.45) is 0.377. The van der Waals surface area contributed by atoms with Gasteiger partial charge in [0.15, 0.2) is 11.5 Å². The third kappa shape index (κ3) is 5.89. The molecule has 0 aliphatic carbocycles. The molecule has 2 N–H and O–H groups in total. The third-order valence-electron chi connectivity index (χ3n) is 4.26. The van der Waals surface area contributed by atoms with E-state index < -0.39 is 0 Å². The monoisotopic (exact) mass is 414 g/mol. The second kappa shape index (κ2) is 11.1. The van der Waals surface area contributed by atoms with Gasteiger partial charge in [0.1, 0.15) is 0 Å². The Balaban J connectivity index is 2.36. The summed E-state index contributed by atoms with van der Waals surface area (Å²) in [5.41, 5.74) is 2.49. The summed E-state index contributed by atoms with van der Waals surface area (Å²) in [4.78, 5) is 24.7. The highest BCUT2D eigenvalue weighted by Gasteiger charge is 2.19. The summed E-state index contributed by atoms with van der Waals surface area (Å²) in [5, 5.41) is 5.70. The molecule has 0 aliphatic rings. The summed E-state index contributed by atoms with van der Waals surface area (Å²) >= 11 is 0. The molecule has 0 unspecified atom stereocenters. The van der Waals surface area contributed by atoms with Gasteiger partial charge in [-0.2, -0.15) is 0 Å². The average molecular weight is 415 g/mol. The Labute approximate surface area is 177 Å². The van der Waals surface area contributed by atoms with E-state index in [-0.39, 0.29) is 11.8 Å². The van der Waals surface area contributed by atoms with Crippen LogP contribution in [0.4, 0.5) is 11.4 Å². The summed E-state index contributed by atoms with van der Waals surface area (Å²) in [7, 11) is 0. The van der Waals surface area contributed by atoms with Gasteiger partial charge < -0.3 is 24.8 Å². The van der Waals surface area contributed by atoms with Crippen molar-refractivity contribution in [1.29, 1.82) is 0 Å². The molecule has 0 bridgehead atoms. The lowest BCUT2D eigenvalue weighted by Crippen LogP contribution is -2.15. The van der Waals surface area contributed by atoms with Crippen molar-refractivity contribution in [2.75, 3.05) is 30.5 Å². The Kier molecular flexibility index (Phi) is 8.53. The molecule has 2 amide bonds. The number of carbonyl (C=O) groups is 2. The van der Waals surface area contributed by atoms with Gasteiger partial charge in [0.25, 0.3) is 5.91 Å². The maximum absolute atomic E-state index is 13.0. The van der Waals surface area contributed by atoms with E-state index in [0.29, 0.717) is 60.4 Å². The number of hydrogen-bond acceptors (Lipinski definition) is 5. The number of nitrogens with one attached hydrogen (secondary N) is 2. The zero-order valence-electron chi connectivity index (χ0n) is 18.3. The van der Waals surface area contributed by atoms with E-state index in [1.54, 1.807) is 31.2 Å². The van der Waals surface area contributed by atoms with Crippen LogP contribution in [0.5, 0.6) is 17.2 Å². The van der Waals surface area contributed by atoms with Crippen LogP contribution in [0, 0.1) is 6.92 Å². The van der Waals surface area contributed by atoms with Crippen molar-refractivity contribution in [2.24, 2.45) is 0 Å². The fourth-order valence-corrected chi connectivity index (χ4v) is 2.80. The fraction of sp³-hybridized carbons (Fsp3) is 0.391. The molecular weight excluding hydrogens is 384 g/mol. The number of rotatable bonds is 10. The third-order valence-corrected chi connectivity index (χ3v) is 4.26. The molecule has 2 aromatic rings. The van der Waals surface area contributed by atoms with Crippen LogP contribution in [0.2, 0.25) is 0 Å². The number of amides is 2. The van der Waals surface area contributed by atoms with Crippen molar-refractivity contribution in [3.05, 3.63) is 41.5 Å². The topological polar surface area (TPSA) is 85.9 Å². The van der Waals surface area contributed by atoms with Crippen molar-refractivity contribution in [1.82, 2.24) is 0 Å². The van der Waals surface area contributed by atoms with E-state index in [9.17, 15) is 9.59 Å². The highest BCUT2D eigenvalue weighted by molar-refractivity contribution is 6.06. The molecule has 0 radical (unpaired) electrons. The highest BCUT2D eigenvalue weighted by atomic mass is 16.5. The molecule has 0 saturated carbocycles. The van der Waals surface area contributed by atoms with Crippen molar-refractivity contribution in [3.8, 4) is 17.2 Å². The summed E-state index contributed by atoms with van der Waals surface area (Å²) in [6, 6.07) is 8.67. The molecule has 0 spiro atoms. The molecule has 2 rings (SSSR count). The van der Waals surface area contributed by atoms with E-state index in [2.05, 4.69) is 10.6 Å². The second-order valence-corrected chi connectivity index (χ2v) is 6.49. The lowest BCUT2D eigenvalue weighted by Gasteiger charge is -2.17. The van der Waals surface area contributed by atoms with Crippen LogP contribution in [0.1, 0.15) is 50.0 Å². The number of benzene rings is 2. The van der Waals surface area contributed by atoms with Crippen LogP contribution in [-0.4, -0.2) is 31.6 Å². The zero-order valence-corrected chi connectivity index (χ0v) is 18.3.